The third kappa shape index (κ3) is 6.08. The van der Waals surface area contributed by atoms with Crippen molar-refractivity contribution in [3.05, 3.63) is 34.9 Å². The number of hydrogen-bond acceptors (Lipinski definition) is 1. The van der Waals surface area contributed by atoms with Crippen LogP contribution in [0.15, 0.2) is 24.3 Å². The average Bonchev–Trinajstić information content (AvgIpc) is 2.26. The number of amides is 1. The maximum Gasteiger partial charge on any atom is 0.224 e. The second-order valence-electron chi connectivity index (χ2n) is 4.11. The van der Waals surface area contributed by atoms with Crippen molar-refractivity contribution in [3.8, 4) is 0 Å². The number of benzene rings is 1. The normalized spacial score (nSPS) is 12.2. The molecule has 1 N–H and O–H groups in total. The van der Waals surface area contributed by atoms with E-state index in [1.54, 1.807) is 0 Å². The van der Waals surface area contributed by atoms with Gasteiger partial charge in [0.2, 0.25) is 5.91 Å². The second-order valence-corrected chi connectivity index (χ2v) is 5.34. The fourth-order valence-corrected chi connectivity index (χ4v) is 2.15. The quantitative estimate of drug-likeness (QED) is 0.798. The Labute approximate surface area is 116 Å². The Morgan fingerprint density at radius 3 is 2.94 bits per heavy atom. The molecule has 94 valence electrons. The van der Waals surface area contributed by atoms with E-state index in [-0.39, 0.29) is 11.9 Å². The largest absolute Gasteiger partial charge is 0.353 e. The fourth-order valence-electron chi connectivity index (χ4n) is 1.61. The van der Waals surface area contributed by atoms with Gasteiger partial charge >= 0.3 is 0 Å². The topological polar surface area (TPSA) is 29.1 Å². The zero-order valence-corrected chi connectivity index (χ0v) is 12.2. The monoisotopic (exact) mass is 317 g/mol. The van der Waals surface area contributed by atoms with E-state index < -0.39 is 0 Å². The highest BCUT2D eigenvalue weighted by Crippen LogP contribution is 2.11. The standard InChI is InChI=1S/C13H17BrClNO/c1-10(4-3-7-14)16-13(17)9-11-5-2-6-12(15)8-11/h2,5-6,8,10H,3-4,7,9H2,1H3,(H,16,17). The van der Waals surface area contributed by atoms with Crippen LogP contribution in [0.4, 0.5) is 0 Å². The molecule has 0 aliphatic carbocycles. The van der Waals surface area contributed by atoms with E-state index >= 15 is 0 Å². The van der Waals surface area contributed by atoms with E-state index in [1.165, 1.54) is 0 Å². The Morgan fingerprint density at radius 2 is 2.29 bits per heavy atom. The van der Waals surface area contributed by atoms with E-state index in [0.717, 1.165) is 23.7 Å². The van der Waals surface area contributed by atoms with Gasteiger partial charge in [-0.3, -0.25) is 4.79 Å². The van der Waals surface area contributed by atoms with Crippen molar-refractivity contribution >= 4 is 33.4 Å². The van der Waals surface area contributed by atoms with Crippen LogP contribution in [-0.2, 0) is 11.2 Å². The van der Waals surface area contributed by atoms with Gasteiger partial charge in [-0.1, -0.05) is 39.7 Å². The van der Waals surface area contributed by atoms with E-state index in [2.05, 4.69) is 21.2 Å². The number of nitrogens with one attached hydrogen (secondary N) is 1. The Balaban J connectivity index is 2.39. The molecule has 0 radical (unpaired) electrons. The lowest BCUT2D eigenvalue weighted by molar-refractivity contribution is -0.121. The highest BCUT2D eigenvalue weighted by Gasteiger charge is 2.07. The molecule has 0 saturated carbocycles. The number of carbonyl (C=O) groups is 1. The van der Waals surface area contributed by atoms with Crippen LogP contribution < -0.4 is 5.32 Å². The lowest BCUT2D eigenvalue weighted by Crippen LogP contribution is -2.33. The molecule has 0 aliphatic rings. The van der Waals surface area contributed by atoms with Gasteiger partial charge in [0.1, 0.15) is 0 Å². The smallest absolute Gasteiger partial charge is 0.224 e. The lowest BCUT2D eigenvalue weighted by Gasteiger charge is -2.13. The maximum absolute atomic E-state index is 11.7. The van der Waals surface area contributed by atoms with Crippen molar-refractivity contribution in [1.29, 1.82) is 0 Å². The summed E-state index contributed by atoms with van der Waals surface area (Å²) in [7, 11) is 0. The molecule has 0 fully saturated rings. The Bertz CT molecular complexity index is 370. The fraction of sp³-hybridized carbons (Fsp3) is 0.462. The first-order valence-corrected chi connectivity index (χ1v) is 7.21. The maximum atomic E-state index is 11.7. The molecule has 0 spiro atoms. The summed E-state index contributed by atoms with van der Waals surface area (Å²) in [6.07, 6.45) is 2.45. The SMILES string of the molecule is CC(CCCBr)NC(=O)Cc1cccc(Cl)c1. The first-order chi connectivity index (χ1) is 8.11. The van der Waals surface area contributed by atoms with Crippen LogP contribution in [0.3, 0.4) is 0 Å². The number of carbonyl (C=O) groups excluding carboxylic acids is 1. The van der Waals surface area contributed by atoms with Gasteiger partial charge in [0.05, 0.1) is 6.42 Å². The summed E-state index contributed by atoms with van der Waals surface area (Å²) in [5.41, 5.74) is 0.947. The molecule has 2 nitrogen and oxygen atoms in total. The molecule has 1 amide bonds. The van der Waals surface area contributed by atoms with Crippen molar-refractivity contribution < 1.29 is 4.79 Å². The zero-order valence-electron chi connectivity index (χ0n) is 9.88. The van der Waals surface area contributed by atoms with Crippen LogP contribution in [0.2, 0.25) is 5.02 Å². The minimum absolute atomic E-state index is 0.0503. The van der Waals surface area contributed by atoms with E-state index in [0.29, 0.717) is 11.4 Å². The first-order valence-electron chi connectivity index (χ1n) is 5.71. The van der Waals surface area contributed by atoms with Crippen LogP contribution in [0.5, 0.6) is 0 Å². The number of alkyl halides is 1. The molecule has 0 aliphatic heterocycles. The van der Waals surface area contributed by atoms with Gasteiger partial charge < -0.3 is 5.32 Å². The third-order valence-corrected chi connectivity index (χ3v) is 3.23. The van der Waals surface area contributed by atoms with Gasteiger partial charge in [-0.15, -0.1) is 0 Å². The van der Waals surface area contributed by atoms with Crippen molar-refractivity contribution in [3.63, 3.8) is 0 Å². The summed E-state index contributed by atoms with van der Waals surface area (Å²) in [6, 6.07) is 7.62. The van der Waals surface area contributed by atoms with Crippen LogP contribution >= 0.6 is 27.5 Å². The van der Waals surface area contributed by atoms with Gasteiger partial charge in [-0.25, -0.2) is 0 Å². The van der Waals surface area contributed by atoms with Crippen molar-refractivity contribution in [1.82, 2.24) is 5.32 Å². The molecular formula is C13H17BrClNO. The van der Waals surface area contributed by atoms with Crippen molar-refractivity contribution in [2.45, 2.75) is 32.2 Å². The number of halogens is 2. The molecular weight excluding hydrogens is 302 g/mol. The molecule has 17 heavy (non-hydrogen) atoms. The summed E-state index contributed by atoms with van der Waals surface area (Å²) in [6.45, 7) is 2.03. The van der Waals surface area contributed by atoms with Gasteiger partial charge in [-0.2, -0.15) is 0 Å². The van der Waals surface area contributed by atoms with Crippen molar-refractivity contribution in [2.24, 2.45) is 0 Å². The Hall–Kier alpha value is -0.540. The molecule has 1 unspecified atom stereocenters. The molecule has 1 aromatic rings. The summed E-state index contributed by atoms with van der Waals surface area (Å²) in [4.78, 5) is 11.7. The third-order valence-electron chi connectivity index (χ3n) is 2.43. The van der Waals surface area contributed by atoms with Crippen LogP contribution in [-0.4, -0.2) is 17.3 Å². The highest BCUT2D eigenvalue weighted by molar-refractivity contribution is 9.09. The highest BCUT2D eigenvalue weighted by atomic mass is 79.9. The minimum Gasteiger partial charge on any atom is -0.353 e. The van der Waals surface area contributed by atoms with Crippen LogP contribution in [0.25, 0.3) is 0 Å². The summed E-state index contributed by atoms with van der Waals surface area (Å²) in [5, 5.41) is 4.62. The average molecular weight is 319 g/mol. The van der Waals surface area contributed by atoms with E-state index in [9.17, 15) is 4.79 Å². The predicted octanol–water partition coefficient (Wildman–Crippen LogP) is 3.56. The molecule has 0 aromatic heterocycles. The number of hydrogen-bond donors (Lipinski definition) is 1. The van der Waals surface area contributed by atoms with Crippen LogP contribution in [0, 0.1) is 0 Å². The minimum atomic E-state index is 0.0503. The summed E-state index contributed by atoms with van der Waals surface area (Å²) < 4.78 is 0. The van der Waals surface area contributed by atoms with Gasteiger partial charge in [0.25, 0.3) is 0 Å². The molecule has 1 rings (SSSR count). The second kappa shape index (κ2) is 7.72. The lowest BCUT2D eigenvalue weighted by atomic mass is 10.1. The molecule has 1 atom stereocenters. The molecule has 0 saturated heterocycles. The Kier molecular flexibility index (Phi) is 6.60. The number of rotatable bonds is 6. The first kappa shape index (κ1) is 14.5. The van der Waals surface area contributed by atoms with Gasteiger partial charge in [-0.05, 0) is 37.5 Å². The summed E-state index contributed by atoms with van der Waals surface area (Å²) in [5.74, 6) is 0.0503. The molecule has 0 bridgehead atoms. The predicted molar refractivity (Wildman–Crippen MR) is 75.8 cm³/mol. The molecule has 0 heterocycles. The zero-order chi connectivity index (χ0) is 12.7. The molecule has 1 aromatic carbocycles. The van der Waals surface area contributed by atoms with Crippen molar-refractivity contribution in [2.75, 3.05) is 5.33 Å². The summed E-state index contributed by atoms with van der Waals surface area (Å²) >= 11 is 9.24. The van der Waals surface area contributed by atoms with E-state index in [4.69, 9.17) is 11.6 Å². The molecule has 4 heteroatoms. The van der Waals surface area contributed by atoms with E-state index in [1.807, 2.05) is 31.2 Å². The van der Waals surface area contributed by atoms with Gasteiger partial charge in [0, 0.05) is 16.4 Å². The van der Waals surface area contributed by atoms with Gasteiger partial charge in [0.15, 0.2) is 0 Å². The van der Waals surface area contributed by atoms with Crippen LogP contribution in [0.1, 0.15) is 25.3 Å². The Morgan fingerprint density at radius 1 is 1.53 bits per heavy atom.